The van der Waals surface area contributed by atoms with Crippen molar-refractivity contribution in [3.05, 3.63) is 107 Å². The Morgan fingerprint density at radius 2 is 1.43 bits per heavy atom. The molecule has 4 aromatic rings. The zero-order valence-electron chi connectivity index (χ0n) is 33.9. The van der Waals surface area contributed by atoms with Crippen LogP contribution in [0.3, 0.4) is 0 Å². The molecule has 0 radical (unpaired) electrons. The third kappa shape index (κ3) is 11.4. The highest BCUT2D eigenvalue weighted by atomic mass is 32.2. The van der Waals surface area contributed by atoms with Crippen LogP contribution < -0.4 is 24.8 Å². The summed E-state index contributed by atoms with van der Waals surface area (Å²) in [5.41, 5.74) is 3.50. The Kier molecular flexibility index (Phi) is 14.5. The highest BCUT2D eigenvalue weighted by molar-refractivity contribution is 7.92. The van der Waals surface area contributed by atoms with Crippen LogP contribution in [0, 0.1) is 0 Å². The van der Waals surface area contributed by atoms with Gasteiger partial charge in [0.1, 0.15) is 24.1 Å². The maximum Gasteiger partial charge on any atom is 0.264 e. The maximum atomic E-state index is 13.2. The second-order valence-electron chi connectivity index (χ2n) is 14.9. The van der Waals surface area contributed by atoms with Crippen LogP contribution in [0.25, 0.3) is 0 Å². The van der Waals surface area contributed by atoms with Crippen LogP contribution in [-0.2, 0) is 41.1 Å². The molecule has 2 aliphatic rings. The van der Waals surface area contributed by atoms with E-state index in [2.05, 4.69) is 51.3 Å². The third-order valence-corrected chi connectivity index (χ3v) is 10.6. The van der Waals surface area contributed by atoms with Crippen LogP contribution in [0.15, 0.2) is 79.0 Å². The highest BCUT2D eigenvalue weighted by Crippen LogP contribution is 2.34. The van der Waals surface area contributed by atoms with Gasteiger partial charge in [-0.15, -0.1) is 0 Å². The second-order valence-corrected chi connectivity index (χ2v) is 16.7. The molecule has 0 saturated carbocycles. The molecule has 3 N–H and O–H groups in total. The molecule has 0 bridgehead atoms. The van der Waals surface area contributed by atoms with E-state index in [1.807, 2.05) is 36.4 Å². The quantitative estimate of drug-likeness (QED) is 0.0717. The van der Waals surface area contributed by atoms with Crippen molar-refractivity contribution in [1.82, 2.24) is 20.2 Å². The van der Waals surface area contributed by atoms with Crippen molar-refractivity contribution in [2.45, 2.75) is 64.0 Å². The number of nitrogens with one attached hydrogen (secondary N) is 3. The zero-order valence-corrected chi connectivity index (χ0v) is 34.7. The minimum absolute atomic E-state index is 0.00242. The number of carbonyl (C=O) groups excluding carboxylic acids is 4. The maximum absolute atomic E-state index is 13.2. The monoisotopic (exact) mass is 842 g/mol. The fraction of sp³-hybridized carbons (Fsp3) is 0.395. The number of ether oxygens (including phenoxy) is 4. The van der Waals surface area contributed by atoms with Crippen LogP contribution in [0.2, 0.25) is 0 Å². The number of imide groups is 2. The number of nitrogens with zero attached hydrogens (tertiary/aromatic N) is 3. The topological polar surface area (TPSA) is 204 Å². The summed E-state index contributed by atoms with van der Waals surface area (Å²) in [6, 6.07) is 21.6. The number of rotatable bonds is 22. The van der Waals surface area contributed by atoms with Crippen molar-refractivity contribution in [1.29, 1.82) is 0 Å². The fourth-order valence-electron chi connectivity index (χ4n) is 6.83. The summed E-state index contributed by atoms with van der Waals surface area (Å²) in [4.78, 5) is 59.2. The lowest BCUT2D eigenvalue weighted by molar-refractivity contribution is -0.136. The van der Waals surface area contributed by atoms with Gasteiger partial charge in [0, 0.05) is 63.1 Å². The summed E-state index contributed by atoms with van der Waals surface area (Å²) < 4.78 is 48.5. The molecule has 0 spiro atoms. The lowest BCUT2D eigenvalue weighted by Crippen LogP contribution is -2.54. The van der Waals surface area contributed by atoms with Gasteiger partial charge < -0.3 is 24.3 Å². The molecule has 3 heterocycles. The molecule has 3 aromatic carbocycles. The molecular formula is C43H50N6O10S. The predicted octanol–water partition coefficient (Wildman–Crippen LogP) is 4.85. The molecule has 1 unspecified atom stereocenters. The molecule has 1 saturated heterocycles. The minimum Gasteiger partial charge on any atom is -0.494 e. The number of fused-ring (bicyclic) bond motifs is 1. The van der Waals surface area contributed by atoms with E-state index in [9.17, 15) is 27.6 Å². The first-order valence-corrected chi connectivity index (χ1v) is 21.7. The van der Waals surface area contributed by atoms with Gasteiger partial charge in [-0.2, -0.15) is 0 Å². The smallest absolute Gasteiger partial charge is 0.264 e. The van der Waals surface area contributed by atoms with E-state index < -0.39 is 39.7 Å². The van der Waals surface area contributed by atoms with Gasteiger partial charge in [-0.1, -0.05) is 44.2 Å². The molecule has 1 atom stereocenters. The lowest BCUT2D eigenvalue weighted by atomic mass is 9.78. The first kappa shape index (κ1) is 43.7. The largest absolute Gasteiger partial charge is 0.494 e. The Balaban J connectivity index is 0.814. The second kappa shape index (κ2) is 19.9. The van der Waals surface area contributed by atoms with Gasteiger partial charge >= 0.3 is 0 Å². The van der Waals surface area contributed by atoms with Gasteiger partial charge in [-0.25, -0.2) is 18.4 Å². The number of benzene rings is 3. The Labute approximate surface area is 349 Å². The first-order valence-electron chi connectivity index (χ1n) is 19.8. The molecule has 60 heavy (non-hydrogen) atoms. The van der Waals surface area contributed by atoms with Crippen LogP contribution in [-0.4, -0.2) is 98.8 Å². The molecule has 6 rings (SSSR count). The molecule has 17 heteroatoms. The van der Waals surface area contributed by atoms with Crippen molar-refractivity contribution in [3.8, 4) is 11.5 Å². The summed E-state index contributed by atoms with van der Waals surface area (Å²) in [5.74, 6) is -0.683. The number of hydrogen-bond acceptors (Lipinski definition) is 13. The van der Waals surface area contributed by atoms with E-state index >= 15 is 0 Å². The highest BCUT2D eigenvalue weighted by Gasteiger charge is 2.45. The van der Waals surface area contributed by atoms with Crippen LogP contribution >= 0.6 is 0 Å². The molecular weight excluding hydrogens is 793 g/mol. The van der Waals surface area contributed by atoms with Crippen molar-refractivity contribution >= 4 is 45.3 Å². The molecule has 1 aromatic heterocycles. The number of amides is 4. The van der Waals surface area contributed by atoms with Gasteiger partial charge in [0.05, 0.1) is 29.7 Å². The summed E-state index contributed by atoms with van der Waals surface area (Å²) >= 11 is 0. The van der Waals surface area contributed by atoms with Crippen molar-refractivity contribution in [3.63, 3.8) is 0 Å². The van der Waals surface area contributed by atoms with Gasteiger partial charge in [0.25, 0.3) is 11.8 Å². The third-order valence-electron chi connectivity index (χ3n) is 10.1. The predicted molar refractivity (Wildman–Crippen MR) is 222 cm³/mol. The van der Waals surface area contributed by atoms with Gasteiger partial charge in [-0.3, -0.25) is 34.1 Å². The van der Waals surface area contributed by atoms with Gasteiger partial charge in [0.15, 0.2) is 0 Å². The molecule has 318 valence electrons. The number of carbonyl (C=O) groups is 4. The Morgan fingerprint density at radius 1 is 0.800 bits per heavy atom. The summed E-state index contributed by atoms with van der Waals surface area (Å²) in [6.07, 6.45) is 4.86. The standard InChI is InChI=1S/C43H50N6O10S/c1-43(2,30-12-16-33(17-13-30)59-28-31-20-22-45-42(46-31)48-60(3,54)55)29-10-14-32(15-11-29)58-27-7-26-57-25-6-24-56-23-5-21-44-35-9-4-8-34-38(35)41(53)49(40(34)52)36-18-19-37(50)47-39(36)51/h4,8-17,20,22,36,44H,5-7,18-19,21,23-28H2,1-3H3,(H,45,46,48)(H,47,50,51). The summed E-state index contributed by atoms with van der Waals surface area (Å²) in [7, 11) is -3.48. The van der Waals surface area contributed by atoms with Crippen LogP contribution in [0.1, 0.15) is 83.5 Å². The minimum atomic E-state index is -3.48. The number of piperidine rings is 1. The molecule has 4 amide bonds. The molecule has 2 aliphatic heterocycles. The van der Waals surface area contributed by atoms with Crippen LogP contribution in [0.4, 0.5) is 11.6 Å². The van der Waals surface area contributed by atoms with E-state index in [4.69, 9.17) is 18.9 Å². The Morgan fingerprint density at radius 3 is 2.08 bits per heavy atom. The van der Waals surface area contributed by atoms with E-state index in [0.717, 1.165) is 40.9 Å². The normalized spacial score (nSPS) is 15.4. The fourth-order valence-corrected chi connectivity index (χ4v) is 7.26. The average Bonchev–Trinajstić information content (AvgIpc) is 3.47. The van der Waals surface area contributed by atoms with Crippen LogP contribution in [0.5, 0.6) is 11.5 Å². The van der Waals surface area contributed by atoms with Gasteiger partial charge in [-0.05, 0) is 72.9 Å². The number of sulfonamides is 1. The van der Waals surface area contributed by atoms with E-state index in [1.165, 1.54) is 6.20 Å². The first-order chi connectivity index (χ1) is 28.8. The molecule has 0 aliphatic carbocycles. The van der Waals surface area contributed by atoms with E-state index in [0.29, 0.717) is 63.1 Å². The Hall–Kier alpha value is -5.91. The molecule has 1 fully saturated rings. The van der Waals surface area contributed by atoms with Crippen molar-refractivity contribution in [2.24, 2.45) is 0 Å². The SMILES string of the molecule is CC(C)(c1ccc(OCCCOCCCOCCCNc2cccc3c2C(=O)N(C2CCC(=O)NC2=O)C3=O)cc1)c1ccc(OCc2ccnc(NS(C)(=O)=O)n2)cc1. The summed E-state index contributed by atoms with van der Waals surface area (Å²) in [5, 5.41) is 5.43. The number of hydrogen-bond donors (Lipinski definition) is 3. The van der Waals surface area contributed by atoms with Crippen molar-refractivity contribution < 1.29 is 46.5 Å². The Bertz CT molecular complexity index is 2270. The van der Waals surface area contributed by atoms with E-state index in [1.54, 1.807) is 24.3 Å². The molecule has 16 nitrogen and oxygen atoms in total. The van der Waals surface area contributed by atoms with Gasteiger partial charge in [0.2, 0.25) is 27.8 Å². The van der Waals surface area contributed by atoms with E-state index in [-0.39, 0.29) is 41.9 Å². The average molecular weight is 843 g/mol. The van der Waals surface area contributed by atoms with Crippen molar-refractivity contribution in [2.75, 3.05) is 55.9 Å². The lowest BCUT2D eigenvalue weighted by Gasteiger charge is -2.27. The summed E-state index contributed by atoms with van der Waals surface area (Å²) in [6.45, 7) is 7.70. The zero-order chi connectivity index (χ0) is 42.7. The number of anilines is 2. The number of aromatic nitrogens is 2.